The average molecular weight is 229 g/mol. The minimum Gasteiger partial charge on any atom is -0.477 e. The van der Waals surface area contributed by atoms with Gasteiger partial charge in [0.15, 0.2) is 0 Å². The van der Waals surface area contributed by atoms with E-state index in [2.05, 4.69) is 15.2 Å². The van der Waals surface area contributed by atoms with Crippen molar-refractivity contribution in [2.45, 2.75) is 12.6 Å². The Bertz CT molecular complexity index is 514. The van der Waals surface area contributed by atoms with Crippen molar-refractivity contribution in [1.29, 1.82) is 5.26 Å². The van der Waals surface area contributed by atoms with Gasteiger partial charge in [-0.05, 0) is 31.2 Å². The summed E-state index contributed by atoms with van der Waals surface area (Å²) in [4.78, 5) is 3.88. The fourth-order valence-corrected chi connectivity index (χ4v) is 1.22. The van der Waals surface area contributed by atoms with E-state index in [1.165, 1.54) is 0 Å². The highest BCUT2D eigenvalue weighted by Gasteiger charge is 2.52. The monoisotopic (exact) mass is 229 g/mol. The molecule has 17 heavy (non-hydrogen) atoms. The molecule has 1 heterocycles. The number of nitrogen functional groups attached to an aromatic ring is 1. The maximum atomic E-state index is 8.96. The van der Waals surface area contributed by atoms with Crippen LogP contribution in [-0.2, 0) is 4.74 Å². The Kier molecular flexibility index (Phi) is 2.75. The van der Waals surface area contributed by atoms with Gasteiger partial charge in [-0.3, -0.25) is 0 Å². The number of hydrogen-bond donors (Lipinski definition) is 1. The lowest BCUT2D eigenvalue weighted by Crippen LogP contribution is -2.14. The fourth-order valence-electron chi connectivity index (χ4n) is 1.22. The van der Waals surface area contributed by atoms with Crippen molar-refractivity contribution < 1.29 is 4.74 Å². The van der Waals surface area contributed by atoms with Gasteiger partial charge in [0.2, 0.25) is 0 Å². The van der Waals surface area contributed by atoms with Crippen LogP contribution in [0.2, 0.25) is 0 Å². The lowest BCUT2D eigenvalue weighted by molar-refractivity contribution is 0.329. The Labute approximate surface area is 98.4 Å². The molecule has 1 unspecified atom stereocenters. The Morgan fingerprint density at radius 3 is 2.76 bits per heavy atom. The summed E-state index contributed by atoms with van der Waals surface area (Å²) in [6.07, 6.45) is 0. The molecule has 1 aromatic rings. The number of hydrogen-bond acceptors (Lipinski definition) is 6. The third-order valence-electron chi connectivity index (χ3n) is 2.15. The van der Waals surface area contributed by atoms with E-state index in [-0.39, 0.29) is 0 Å². The maximum Gasteiger partial charge on any atom is 0.334 e. The average Bonchev–Trinajstić information content (AvgIpc) is 3.03. The van der Waals surface area contributed by atoms with Gasteiger partial charge in [0.05, 0.1) is 12.3 Å². The van der Waals surface area contributed by atoms with Crippen LogP contribution in [0.4, 0.5) is 11.4 Å². The van der Waals surface area contributed by atoms with Crippen molar-refractivity contribution in [3.63, 3.8) is 0 Å². The molecule has 0 bridgehead atoms. The van der Waals surface area contributed by atoms with Crippen LogP contribution in [0.25, 0.3) is 0 Å². The summed E-state index contributed by atoms with van der Waals surface area (Å²) in [5.74, 6) is 0.321. The van der Waals surface area contributed by atoms with Crippen LogP contribution in [0.15, 0.2) is 39.5 Å². The van der Waals surface area contributed by atoms with Gasteiger partial charge in [-0.25, -0.2) is 0 Å². The molecule has 0 amide bonds. The van der Waals surface area contributed by atoms with E-state index in [0.717, 1.165) is 0 Å². The van der Waals surface area contributed by atoms with E-state index in [0.29, 0.717) is 23.9 Å². The molecule has 1 aliphatic heterocycles. The number of nitriles is 1. The molecule has 0 aliphatic carbocycles. The molecule has 1 aliphatic rings. The first-order valence-electron chi connectivity index (χ1n) is 5.13. The van der Waals surface area contributed by atoms with Crippen molar-refractivity contribution in [3.05, 3.63) is 24.3 Å². The normalized spacial score (nSPS) is 22.0. The molecular formula is C11H11N5O. The van der Waals surface area contributed by atoms with Gasteiger partial charge in [-0.15, -0.1) is 5.11 Å². The van der Waals surface area contributed by atoms with Crippen LogP contribution < -0.4 is 5.73 Å². The number of benzene rings is 1. The third kappa shape index (κ3) is 2.23. The molecule has 6 heteroatoms. The molecule has 0 spiro atoms. The highest BCUT2D eigenvalue weighted by molar-refractivity contribution is 6.01. The SMILES string of the molecule is CCOC1=NC1(C#N)N=Nc1ccc(N)cc1. The maximum absolute atomic E-state index is 8.96. The lowest BCUT2D eigenvalue weighted by Gasteiger charge is -1.98. The van der Waals surface area contributed by atoms with Gasteiger partial charge in [0.25, 0.3) is 5.90 Å². The first-order valence-corrected chi connectivity index (χ1v) is 5.13. The van der Waals surface area contributed by atoms with Gasteiger partial charge in [0.1, 0.15) is 6.07 Å². The Morgan fingerprint density at radius 1 is 1.47 bits per heavy atom. The van der Waals surface area contributed by atoms with Crippen LogP contribution in [-0.4, -0.2) is 18.2 Å². The number of nitrogens with zero attached hydrogens (tertiary/aromatic N) is 4. The molecule has 0 aromatic heterocycles. The van der Waals surface area contributed by atoms with Crippen molar-refractivity contribution in [1.82, 2.24) is 0 Å². The van der Waals surface area contributed by atoms with E-state index in [9.17, 15) is 0 Å². The van der Waals surface area contributed by atoms with Crippen LogP contribution in [0, 0.1) is 11.3 Å². The zero-order valence-electron chi connectivity index (χ0n) is 9.29. The van der Waals surface area contributed by atoms with Crippen molar-refractivity contribution in [2.75, 3.05) is 12.3 Å². The van der Waals surface area contributed by atoms with E-state index < -0.39 is 5.66 Å². The highest BCUT2D eigenvalue weighted by atomic mass is 16.5. The fraction of sp³-hybridized carbons (Fsp3) is 0.273. The second-order valence-electron chi connectivity index (χ2n) is 3.43. The standard InChI is InChI=1S/C11H11N5O/c1-2-17-10-11(7-12,14-10)16-15-9-5-3-8(13)4-6-9/h3-6H,2,13H2,1H3. The molecule has 6 nitrogen and oxygen atoms in total. The number of aliphatic imine (C=N–C) groups is 1. The Balaban J connectivity index is 2.07. The number of ether oxygens (including phenoxy) is 1. The van der Waals surface area contributed by atoms with Crippen LogP contribution in [0.3, 0.4) is 0 Å². The largest absolute Gasteiger partial charge is 0.477 e. The number of nitrogens with two attached hydrogens (primary N) is 1. The second-order valence-corrected chi connectivity index (χ2v) is 3.43. The van der Waals surface area contributed by atoms with E-state index in [1.807, 2.05) is 13.0 Å². The van der Waals surface area contributed by atoms with Crippen molar-refractivity contribution in [2.24, 2.45) is 15.2 Å². The first kappa shape index (κ1) is 11.1. The number of azo groups is 1. The molecule has 86 valence electrons. The Hall–Kier alpha value is -2.42. The topological polar surface area (TPSA) is 96.1 Å². The third-order valence-corrected chi connectivity index (χ3v) is 2.15. The highest BCUT2D eigenvalue weighted by Crippen LogP contribution is 2.31. The van der Waals surface area contributed by atoms with E-state index in [1.54, 1.807) is 24.3 Å². The van der Waals surface area contributed by atoms with Gasteiger partial charge in [0, 0.05) is 5.69 Å². The molecule has 1 aromatic carbocycles. The zero-order chi connectivity index (χ0) is 12.3. The summed E-state index contributed by atoms with van der Waals surface area (Å²) < 4.78 is 5.12. The molecule has 0 radical (unpaired) electrons. The zero-order valence-corrected chi connectivity index (χ0v) is 9.29. The van der Waals surface area contributed by atoms with Crippen LogP contribution >= 0.6 is 0 Å². The predicted octanol–water partition coefficient (Wildman–Crippen LogP) is 2.02. The summed E-state index contributed by atoms with van der Waals surface area (Å²) in [6.45, 7) is 2.28. The lowest BCUT2D eigenvalue weighted by atomic mass is 10.3. The minimum atomic E-state index is -1.24. The molecule has 0 saturated carbocycles. The first-order chi connectivity index (χ1) is 8.20. The Morgan fingerprint density at radius 2 is 2.18 bits per heavy atom. The summed E-state index contributed by atoms with van der Waals surface area (Å²) in [5.41, 5.74) is 5.57. The van der Waals surface area contributed by atoms with Gasteiger partial charge >= 0.3 is 5.66 Å². The molecule has 2 rings (SSSR count). The van der Waals surface area contributed by atoms with Crippen molar-refractivity contribution in [3.8, 4) is 6.07 Å². The van der Waals surface area contributed by atoms with Gasteiger partial charge in [-0.1, -0.05) is 0 Å². The minimum absolute atomic E-state index is 0.321. The molecule has 0 saturated heterocycles. The van der Waals surface area contributed by atoms with Crippen LogP contribution in [0.5, 0.6) is 0 Å². The summed E-state index contributed by atoms with van der Waals surface area (Å²) in [6, 6.07) is 8.81. The van der Waals surface area contributed by atoms with Gasteiger partial charge in [-0.2, -0.15) is 15.4 Å². The quantitative estimate of drug-likeness (QED) is 0.634. The van der Waals surface area contributed by atoms with E-state index >= 15 is 0 Å². The summed E-state index contributed by atoms with van der Waals surface area (Å²) in [5, 5.41) is 16.8. The smallest absolute Gasteiger partial charge is 0.334 e. The van der Waals surface area contributed by atoms with E-state index in [4.69, 9.17) is 15.7 Å². The van der Waals surface area contributed by atoms with Gasteiger partial charge < -0.3 is 10.5 Å². The summed E-state index contributed by atoms with van der Waals surface area (Å²) >= 11 is 0. The van der Waals surface area contributed by atoms with Crippen LogP contribution in [0.1, 0.15) is 6.92 Å². The number of anilines is 1. The molecule has 0 fully saturated rings. The van der Waals surface area contributed by atoms with Crippen molar-refractivity contribution >= 4 is 17.3 Å². The molecular weight excluding hydrogens is 218 g/mol. The number of rotatable bonds is 3. The second kappa shape index (κ2) is 4.22. The molecule has 1 atom stereocenters. The predicted molar refractivity (Wildman–Crippen MR) is 62.8 cm³/mol. The summed E-state index contributed by atoms with van der Waals surface area (Å²) in [7, 11) is 0. The molecule has 2 N–H and O–H groups in total.